The third-order valence-corrected chi connectivity index (χ3v) is 13.9. The van der Waals surface area contributed by atoms with Crippen molar-refractivity contribution in [1.29, 1.82) is 0 Å². The summed E-state index contributed by atoms with van der Waals surface area (Å²) in [6.07, 6.45) is -5.93. The van der Waals surface area contributed by atoms with Crippen LogP contribution in [0.15, 0.2) is 23.8 Å². The second kappa shape index (κ2) is 24.2. The number of aldehydes is 1. The van der Waals surface area contributed by atoms with Crippen molar-refractivity contribution in [3.63, 3.8) is 0 Å². The van der Waals surface area contributed by atoms with Gasteiger partial charge in [0.1, 0.15) is 42.9 Å². The Morgan fingerprint density at radius 1 is 0.891 bits per heavy atom. The average Bonchev–Trinajstić information content (AvgIpc) is 3.23. The summed E-state index contributed by atoms with van der Waals surface area (Å²) in [5.74, 6) is -3.55. The lowest BCUT2D eigenvalue weighted by molar-refractivity contribution is -0.341. The van der Waals surface area contributed by atoms with Crippen molar-refractivity contribution in [1.82, 2.24) is 4.90 Å². The number of ether oxygens (including phenoxy) is 8. The first-order valence-corrected chi connectivity index (χ1v) is 23.0. The fourth-order valence-corrected chi connectivity index (χ4v) is 9.99. The van der Waals surface area contributed by atoms with Gasteiger partial charge in [0.15, 0.2) is 18.4 Å². The maximum atomic E-state index is 13.8. The number of cyclic esters (lactones) is 1. The summed E-state index contributed by atoms with van der Waals surface area (Å²) in [7, 11) is 6.58. The molecule has 0 amide bonds. The third-order valence-electron chi connectivity index (χ3n) is 13.9. The summed E-state index contributed by atoms with van der Waals surface area (Å²) in [5, 5.41) is 55.9. The van der Waals surface area contributed by atoms with E-state index >= 15 is 0 Å². The molecule has 17 heteroatoms. The minimum atomic E-state index is -1.49. The molecule has 3 heterocycles. The molecule has 1 saturated carbocycles. The largest absolute Gasteiger partial charge is 0.462 e. The number of carbonyl (C=O) groups is 3. The molecule has 5 N–H and O–H groups in total. The number of ketones is 1. The molecule has 0 aromatic heterocycles. The fourth-order valence-electron chi connectivity index (χ4n) is 9.99. The van der Waals surface area contributed by atoms with E-state index in [1.165, 1.54) is 20.1 Å². The minimum Gasteiger partial charge on any atom is -0.462 e. The van der Waals surface area contributed by atoms with Gasteiger partial charge in [-0.15, -0.1) is 0 Å². The quantitative estimate of drug-likeness (QED) is 0.132. The van der Waals surface area contributed by atoms with Gasteiger partial charge in [-0.05, 0) is 79.0 Å². The number of hydrogen-bond acceptors (Lipinski definition) is 17. The number of likely N-dealkylation sites (N-methyl/N-ethyl adjacent to an activating group) is 1. The van der Waals surface area contributed by atoms with Crippen molar-refractivity contribution in [2.45, 2.75) is 191 Å². The topological polar surface area (TPSA) is 229 Å². The molecular formula is C47H79NO16. The van der Waals surface area contributed by atoms with E-state index in [0.717, 1.165) is 11.9 Å². The molecule has 21 atom stereocenters. The van der Waals surface area contributed by atoms with E-state index in [0.29, 0.717) is 12.8 Å². The molecule has 17 nitrogen and oxygen atoms in total. The lowest BCUT2D eigenvalue weighted by Gasteiger charge is -2.50. The first kappa shape index (κ1) is 54.4. The van der Waals surface area contributed by atoms with Gasteiger partial charge in [-0.2, -0.15) is 0 Å². The highest BCUT2D eigenvalue weighted by atomic mass is 16.7. The van der Waals surface area contributed by atoms with Crippen LogP contribution in [0.5, 0.6) is 0 Å². The standard InChI is InChI=1S/C47H79NO16/c1-13-34-31(23-59-35-20-26(4)39(53)44(58-12)43(35)57-11)18-24(2)14-15-32(50)25(3)19-30(16-17-49)41(27(5)33(51)21-36(52)62-34)64-46-40(54)38(48(9)10)42(28(6)61-46)63-37-22-47(8,56)45(55)29(7)60-37/h14-15,17-18,25-31,33-35,37-46,51,53-56H,13,16,19-23H2,1-12H3/b15-14+,24-18+/t25-,26+,27+,28+,29-,30+,31-,33-,34-,35-,37-,38+,39-,40?,41-,42+,43+,44-,45-,46-,47+/m1/s1. The van der Waals surface area contributed by atoms with Gasteiger partial charge in [-0.25, -0.2) is 0 Å². The summed E-state index contributed by atoms with van der Waals surface area (Å²) >= 11 is 0. The number of rotatable bonds is 13. The molecule has 4 aliphatic rings. The van der Waals surface area contributed by atoms with Crippen LogP contribution in [-0.2, 0) is 52.3 Å². The molecule has 3 aliphatic heterocycles. The first-order chi connectivity index (χ1) is 30.1. The van der Waals surface area contributed by atoms with Crippen molar-refractivity contribution < 1.29 is 77.8 Å². The number of esters is 1. The number of carbonyl (C=O) groups excluding carboxylic acids is 3. The molecule has 0 radical (unpaired) electrons. The SMILES string of the molecule is CC[C@H]1OC(=O)C[C@@H](O)[C@H](C)[C@@H](O[C@H]2O[C@@H](C)[C@H](O[C@@H]3C[C@](C)(O)[C@H](O)[C@@H](C)O3)[C@@H](N(C)C)C2O)[C@@H](CC=O)C[C@@H](C)C(=O)/C=C/C(C)=C/[C@@H]1CO[C@@H]1C[C@H](C)[C@@H](O)[C@@H](OC)[C@H]1OC. The van der Waals surface area contributed by atoms with Crippen LogP contribution in [0.4, 0.5) is 0 Å². The summed E-state index contributed by atoms with van der Waals surface area (Å²) in [6, 6.07) is -0.741. The Balaban J connectivity index is 1.62. The maximum Gasteiger partial charge on any atom is 0.308 e. The summed E-state index contributed by atoms with van der Waals surface area (Å²) in [5.41, 5.74) is -0.761. The van der Waals surface area contributed by atoms with E-state index in [9.17, 15) is 39.9 Å². The predicted molar refractivity (Wildman–Crippen MR) is 234 cm³/mol. The Kier molecular flexibility index (Phi) is 20.5. The van der Waals surface area contributed by atoms with E-state index in [1.54, 1.807) is 59.9 Å². The van der Waals surface area contributed by atoms with Gasteiger partial charge in [-0.1, -0.05) is 45.4 Å². The van der Waals surface area contributed by atoms with Gasteiger partial charge in [0.05, 0.1) is 61.3 Å². The van der Waals surface area contributed by atoms with Crippen LogP contribution in [-0.4, -0.2) is 181 Å². The molecule has 4 rings (SSSR count). The van der Waals surface area contributed by atoms with Gasteiger partial charge in [0, 0.05) is 44.8 Å². The molecule has 368 valence electrons. The number of methoxy groups -OCH3 is 2. The van der Waals surface area contributed by atoms with E-state index in [4.69, 9.17) is 37.9 Å². The Morgan fingerprint density at radius 2 is 1.56 bits per heavy atom. The molecule has 0 aromatic rings. The lowest BCUT2D eigenvalue weighted by Crippen LogP contribution is -2.65. The van der Waals surface area contributed by atoms with Crippen molar-refractivity contribution in [2.24, 2.45) is 29.6 Å². The van der Waals surface area contributed by atoms with E-state index < -0.39 is 134 Å². The predicted octanol–water partition coefficient (Wildman–Crippen LogP) is 2.50. The molecule has 0 bridgehead atoms. The zero-order valence-corrected chi connectivity index (χ0v) is 40.0. The monoisotopic (exact) mass is 914 g/mol. The first-order valence-electron chi connectivity index (χ1n) is 23.0. The minimum absolute atomic E-state index is 0.0315. The highest BCUT2D eigenvalue weighted by Gasteiger charge is 2.51. The lowest BCUT2D eigenvalue weighted by atomic mass is 9.79. The van der Waals surface area contributed by atoms with Gasteiger partial charge in [0.2, 0.25) is 0 Å². The number of aliphatic hydroxyl groups is 5. The van der Waals surface area contributed by atoms with Crippen LogP contribution in [0, 0.1) is 29.6 Å². The Labute approximate surface area is 379 Å². The molecular weight excluding hydrogens is 835 g/mol. The zero-order valence-electron chi connectivity index (χ0n) is 40.0. The number of nitrogens with zero attached hydrogens (tertiary/aromatic N) is 1. The summed E-state index contributed by atoms with van der Waals surface area (Å²) in [4.78, 5) is 41.6. The van der Waals surface area contributed by atoms with E-state index in [2.05, 4.69) is 0 Å². The van der Waals surface area contributed by atoms with Crippen molar-refractivity contribution in [2.75, 3.05) is 34.9 Å². The average molecular weight is 914 g/mol. The van der Waals surface area contributed by atoms with Crippen LogP contribution in [0.1, 0.15) is 93.9 Å². The smallest absolute Gasteiger partial charge is 0.308 e. The second-order valence-electron chi connectivity index (χ2n) is 19.3. The van der Waals surface area contributed by atoms with Crippen molar-refractivity contribution >= 4 is 18.0 Å². The van der Waals surface area contributed by atoms with Crippen LogP contribution < -0.4 is 0 Å². The van der Waals surface area contributed by atoms with E-state index in [-0.39, 0.29) is 37.6 Å². The molecule has 0 aromatic carbocycles. The van der Waals surface area contributed by atoms with Gasteiger partial charge in [-0.3, -0.25) is 9.59 Å². The second-order valence-corrected chi connectivity index (χ2v) is 19.3. The van der Waals surface area contributed by atoms with Gasteiger partial charge >= 0.3 is 5.97 Å². The Morgan fingerprint density at radius 3 is 2.16 bits per heavy atom. The highest BCUT2D eigenvalue weighted by Crippen LogP contribution is 2.38. The zero-order chi connectivity index (χ0) is 47.8. The summed E-state index contributed by atoms with van der Waals surface area (Å²) < 4.78 is 49.2. The molecule has 2 saturated heterocycles. The number of hydrogen-bond donors (Lipinski definition) is 5. The van der Waals surface area contributed by atoms with Crippen LogP contribution >= 0.6 is 0 Å². The maximum absolute atomic E-state index is 13.8. The van der Waals surface area contributed by atoms with Gasteiger partial charge < -0.3 is 73.1 Å². The molecule has 1 aliphatic carbocycles. The number of allylic oxidation sites excluding steroid dienone is 3. The normalized spacial score (nSPS) is 45.9. The Hall–Kier alpha value is -2.23. The van der Waals surface area contributed by atoms with Crippen LogP contribution in [0.2, 0.25) is 0 Å². The van der Waals surface area contributed by atoms with Crippen molar-refractivity contribution in [3.05, 3.63) is 23.8 Å². The highest BCUT2D eigenvalue weighted by molar-refractivity contribution is 5.91. The number of aliphatic hydroxyl groups excluding tert-OH is 4. The van der Waals surface area contributed by atoms with Gasteiger partial charge in [0.25, 0.3) is 0 Å². The van der Waals surface area contributed by atoms with Crippen LogP contribution in [0.25, 0.3) is 0 Å². The molecule has 64 heavy (non-hydrogen) atoms. The molecule has 0 spiro atoms. The van der Waals surface area contributed by atoms with E-state index in [1.807, 2.05) is 26.8 Å². The molecule has 3 fully saturated rings. The fraction of sp³-hybridized carbons (Fsp3) is 0.851. The van der Waals surface area contributed by atoms with Crippen molar-refractivity contribution in [3.8, 4) is 0 Å². The summed E-state index contributed by atoms with van der Waals surface area (Å²) in [6.45, 7) is 14.1. The Bertz CT molecular complexity index is 1560. The van der Waals surface area contributed by atoms with Crippen LogP contribution in [0.3, 0.4) is 0 Å². The third kappa shape index (κ3) is 13.5. The molecule has 1 unspecified atom stereocenters.